The van der Waals surface area contributed by atoms with Gasteiger partial charge in [0.25, 0.3) is 0 Å². The number of anilines is 1. The van der Waals surface area contributed by atoms with E-state index in [0.717, 1.165) is 12.1 Å². The largest absolute Gasteiger partial charge is 0.416 e. The Morgan fingerprint density at radius 2 is 1.78 bits per heavy atom. The van der Waals surface area contributed by atoms with Gasteiger partial charge in [-0.15, -0.1) is 0 Å². The van der Waals surface area contributed by atoms with Crippen LogP contribution in [-0.2, 0) is 16.0 Å². The lowest BCUT2D eigenvalue weighted by Crippen LogP contribution is -2.40. The molecule has 1 aromatic rings. The van der Waals surface area contributed by atoms with Crippen molar-refractivity contribution in [2.45, 2.75) is 6.18 Å². The van der Waals surface area contributed by atoms with Crippen LogP contribution < -0.4 is 4.90 Å². The highest BCUT2D eigenvalue weighted by molar-refractivity contribution is 7.91. The fraction of sp³-hybridized carbons (Fsp3) is 0.455. The van der Waals surface area contributed by atoms with Gasteiger partial charge in [-0.3, -0.25) is 0 Å². The minimum absolute atomic E-state index is 0.0296. The second-order valence-electron chi connectivity index (χ2n) is 4.10. The summed E-state index contributed by atoms with van der Waals surface area (Å²) >= 11 is 0. The smallest absolute Gasteiger partial charge is 0.369 e. The molecule has 0 aromatic heterocycles. The van der Waals surface area contributed by atoms with Crippen molar-refractivity contribution in [3.63, 3.8) is 0 Å². The zero-order chi connectivity index (χ0) is 13.4. The Morgan fingerprint density at radius 3 is 2.22 bits per heavy atom. The third-order valence-corrected chi connectivity index (χ3v) is 4.42. The van der Waals surface area contributed by atoms with Gasteiger partial charge in [-0.25, -0.2) is 8.42 Å². The van der Waals surface area contributed by atoms with Gasteiger partial charge in [0, 0.05) is 24.8 Å². The Bertz CT molecular complexity index is 508. The quantitative estimate of drug-likeness (QED) is 0.785. The molecule has 1 aliphatic rings. The minimum atomic E-state index is -4.37. The van der Waals surface area contributed by atoms with E-state index < -0.39 is 21.6 Å². The lowest BCUT2D eigenvalue weighted by Gasteiger charge is -2.28. The molecule has 7 heteroatoms. The highest BCUT2D eigenvalue weighted by Gasteiger charge is 2.30. The first-order valence-corrected chi connectivity index (χ1v) is 7.14. The van der Waals surface area contributed by atoms with Crippen molar-refractivity contribution in [3.05, 3.63) is 29.8 Å². The first kappa shape index (κ1) is 13.2. The molecule has 0 aliphatic carbocycles. The number of rotatable bonds is 1. The maximum absolute atomic E-state index is 12.4. The van der Waals surface area contributed by atoms with E-state index in [2.05, 4.69) is 6.07 Å². The number of benzene rings is 1. The summed E-state index contributed by atoms with van der Waals surface area (Å²) in [5.41, 5.74) is -0.256. The van der Waals surface area contributed by atoms with Crippen LogP contribution in [0.5, 0.6) is 0 Å². The summed E-state index contributed by atoms with van der Waals surface area (Å²) in [6.45, 7) is 0.592. The van der Waals surface area contributed by atoms with Gasteiger partial charge in [0.2, 0.25) is 0 Å². The third-order valence-electron chi connectivity index (χ3n) is 2.81. The van der Waals surface area contributed by atoms with Gasteiger partial charge in [0.05, 0.1) is 17.1 Å². The van der Waals surface area contributed by atoms with Gasteiger partial charge in [-0.05, 0) is 18.2 Å². The Morgan fingerprint density at radius 1 is 1.17 bits per heavy atom. The van der Waals surface area contributed by atoms with E-state index in [9.17, 15) is 21.6 Å². The van der Waals surface area contributed by atoms with Crippen molar-refractivity contribution in [2.75, 3.05) is 29.5 Å². The van der Waals surface area contributed by atoms with Crippen molar-refractivity contribution in [1.29, 1.82) is 0 Å². The first-order chi connectivity index (χ1) is 8.28. The SMILES string of the molecule is O=S1(=O)CCN(c2[c]cc(C(F)(F)F)cc2)CC1. The Kier molecular flexibility index (Phi) is 3.27. The van der Waals surface area contributed by atoms with E-state index in [0.29, 0.717) is 18.8 Å². The number of hydrogen-bond acceptors (Lipinski definition) is 3. The maximum atomic E-state index is 12.4. The summed E-state index contributed by atoms with van der Waals surface area (Å²) < 4.78 is 59.5. The van der Waals surface area contributed by atoms with E-state index in [1.165, 1.54) is 6.07 Å². The number of hydrogen-bond donors (Lipinski definition) is 0. The lowest BCUT2D eigenvalue weighted by molar-refractivity contribution is -0.137. The molecular formula is C11H11F3NO2S. The maximum Gasteiger partial charge on any atom is 0.416 e. The molecule has 1 aromatic carbocycles. The van der Waals surface area contributed by atoms with Gasteiger partial charge >= 0.3 is 6.18 Å². The molecule has 0 bridgehead atoms. The van der Waals surface area contributed by atoms with Crippen molar-refractivity contribution in [3.8, 4) is 0 Å². The zero-order valence-electron chi connectivity index (χ0n) is 9.37. The van der Waals surface area contributed by atoms with Crippen LogP contribution in [0.25, 0.3) is 0 Å². The van der Waals surface area contributed by atoms with E-state index in [-0.39, 0.29) is 11.5 Å². The van der Waals surface area contributed by atoms with Crippen LogP contribution in [-0.4, -0.2) is 33.0 Å². The molecule has 99 valence electrons. The molecule has 0 saturated carbocycles. The topological polar surface area (TPSA) is 37.4 Å². The second kappa shape index (κ2) is 4.46. The predicted octanol–water partition coefficient (Wildman–Crippen LogP) is 1.74. The van der Waals surface area contributed by atoms with Gasteiger partial charge < -0.3 is 4.90 Å². The fourth-order valence-corrected chi connectivity index (χ4v) is 2.94. The van der Waals surface area contributed by atoms with Crippen molar-refractivity contribution >= 4 is 15.5 Å². The summed E-state index contributed by atoms with van der Waals surface area (Å²) in [6.07, 6.45) is -4.37. The molecule has 0 amide bonds. The lowest BCUT2D eigenvalue weighted by atomic mass is 10.2. The molecule has 18 heavy (non-hydrogen) atoms. The van der Waals surface area contributed by atoms with Crippen LogP contribution in [0.4, 0.5) is 18.9 Å². The number of nitrogens with zero attached hydrogens (tertiary/aromatic N) is 1. The number of halogens is 3. The van der Waals surface area contributed by atoms with E-state index in [1.54, 1.807) is 4.90 Å². The molecule has 1 radical (unpaired) electrons. The van der Waals surface area contributed by atoms with Crippen molar-refractivity contribution < 1.29 is 21.6 Å². The molecule has 1 heterocycles. The second-order valence-corrected chi connectivity index (χ2v) is 6.40. The van der Waals surface area contributed by atoms with Gasteiger partial charge in [-0.2, -0.15) is 13.2 Å². The monoisotopic (exact) mass is 278 g/mol. The first-order valence-electron chi connectivity index (χ1n) is 5.32. The van der Waals surface area contributed by atoms with Gasteiger partial charge in [0.1, 0.15) is 0 Å². The average Bonchev–Trinajstić information content (AvgIpc) is 2.28. The summed E-state index contributed by atoms with van der Waals surface area (Å²) in [4.78, 5) is 1.72. The van der Waals surface area contributed by atoms with Crippen LogP contribution >= 0.6 is 0 Å². The molecule has 0 N–H and O–H groups in total. The predicted molar refractivity (Wildman–Crippen MR) is 61.1 cm³/mol. The standard InChI is InChI=1S/C11H11F3NO2S/c12-11(13,14)9-1-3-10(4-2-9)15-5-7-18(16,17)8-6-15/h1-3H,5-8H2. The van der Waals surface area contributed by atoms with E-state index >= 15 is 0 Å². The molecule has 1 fully saturated rings. The van der Waals surface area contributed by atoms with Gasteiger partial charge in [-0.1, -0.05) is 0 Å². The Labute approximate surface area is 103 Å². The summed E-state index contributed by atoms with van der Waals surface area (Å²) in [5, 5.41) is 0. The molecule has 2 rings (SSSR count). The molecule has 1 aliphatic heterocycles. The molecule has 1 saturated heterocycles. The van der Waals surface area contributed by atoms with Crippen LogP contribution in [0, 0.1) is 6.07 Å². The van der Waals surface area contributed by atoms with E-state index in [1.807, 2.05) is 0 Å². The van der Waals surface area contributed by atoms with Crippen LogP contribution in [0.1, 0.15) is 5.56 Å². The van der Waals surface area contributed by atoms with E-state index in [4.69, 9.17) is 0 Å². The molecular weight excluding hydrogens is 267 g/mol. The average molecular weight is 278 g/mol. The minimum Gasteiger partial charge on any atom is -0.369 e. The molecule has 0 atom stereocenters. The van der Waals surface area contributed by atoms with Gasteiger partial charge in [0.15, 0.2) is 9.84 Å². The third kappa shape index (κ3) is 2.95. The van der Waals surface area contributed by atoms with Crippen molar-refractivity contribution in [2.24, 2.45) is 0 Å². The highest BCUT2D eigenvalue weighted by Crippen LogP contribution is 2.30. The summed E-state index contributed by atoms with van der Waals surface area (Å²) in [7, 11) is -2.99. The van der Waals surface area contributed by atoms with Crippen molar-refractivity contribution in [1.82, 2.24) is 0 Å². The summed E-state index contributed by atoms with van der Waals surface area (Å²) in [6, 6.07) is 5.74. The highest BCUT2D eigenvalue weighted by atomic mass is 32.2. The molecule has 0 unspecified atom stereocenters. The summed E-state index contributed by atoms with van der Waals surface area (Å²) in [5.74, 6) is 0.0593. The number of alkyl halides is 3. The molecule has 0 spiro atoms. The van der Waals surface area contributed by atoms with Crippen LogP contribution in [0.2, 0.25) is 0 Å². The Balaban J connectivity index is 2.12. The number of sulfone groups is 1. The van der Waals surface area contributed by atoms with Crippen LogP contribution in [0.15, 0.2) is 18.2 Å². The zero-order valence-corrected chi connectivity index (χ0v) is 10.2. The normalized spacial score (nSPS) is 19.8. The fourth-order valence-electron chi connectivity index (χ4n) is 1.74. The Hall–Kier alpha value is -1.24. The molecule has 3 nitrogen and oxygen atoms in total. The van der Waals surface area contributed by atoms with Crippen LogP contribution in [0.3, 0.4) is 0 Å².